The first-order valence-electron chi connectivity index (χ1n) is 10.9. The van der Waals surface area contributed by atoms with Gasteiger partial charge in [-0.1, -0.05) is 37.1 Å². The van der Waals surface area contributed by atoms with E-state index in [1.54, 1.807) is 0 Å². The molecule has 0 unspecified atom stereocenters. The molecular formula is C24H31N3O2. The normalized spacial score (nSPS) is 21.1. The molecule has 29 heavy (non-hydrogen) atoms. The maximum absolute atomic E-state index is 12.9. The standard InChI is InChI=1S/C24H31N3O2/c28-24(19-29-23-11-2-1-3-12-23)27-15-14-26(22-9-4-5-10-22)17-20(18-27)16-21-8-6-7-13-25-21/h1-3,6-8,11-13,20,22H,4-5,9-10,14-19H2/t20-/m0/s1. The lowest BCUT2D eigenvalue weighted by molar-refractivity contribution is -0.133. The molecule has 1 aromatic carbocycles. The summed E-state index contributed by atoms with van der Waals surface area (Å²) >= 11 is 0. The van der Waals surface area contributed by atoms with Crippen molar-refractivity contribution in [2.45, 2.75) is 38.1 Å². The van der Waals surface area contributed by atoms with Crippen LogP contribution >= 0.6 is 0 Å². The Labute approximate surface area is 173 Å². The third-order valence-corrected chi connectivity index (χ3v) is 6.15. The summed E-state index contributed by atoms with van der Waals surface area (Å²) < 4.78 is 5.72. The second-order valence-corrected chi connectivity index (χ2v) is 8.27. The minimum atomic E-state index is 0.0770. The lowest BCUT2D eigenvalue weighted by Crippen LogP contribution is -2.40. The topological polar surface area (TPSA) is 45.7 Å². The number of carbonyl (C=O) groups is 1. The predicted octanol–water partition coefficient (Wildman–Crippen LogP) is 3.41. The number of rotatable bonds is 6. The molecule has 1 atom stereocenters. The number of nitrogens with zero attached hydrogens (tertiary/aromatic N) is 3. The number of carbonyl (C=O) groups excluding carboxylic acids is 1. The van der Waals surface area contributed by atoms with E-state index in [1.807, 2.05) is 53.6 Å². The van der Waals surface area contributed by atoms with Gasteiger partial charge in [0.15, 0.2) is 6.61 Å². The smallest absolute Gasteiger partial charge is 0.260 e. The van der Waals surface area contributed by atoms with Crippen LogP contribution in [0.2, 0.25) is 0 Å². The van der Waals surface area contributed by atoms with Crippen LogP contribution in [0.25, 0.3) is 0 Å². The van der Waals surface area contributed by atoms with Crippen LogP contribution in [0.4, 0.5) is 0 Å². The number of ether oxygens (including phenoxy) is 1. The van der Waals surface area contributed by atoms with Crippen molar-refractivity contribution >= 4 is 5.91 Å². The molecule has 1 aliphatic carbocycles. The van der Waals surface area contributed by atoms with Gasteiger partial charge in [-0.3, -0.25) is 14.7 Å². The van der Waals surface area contributed by atoms with E-state index in [1.165, 1.54) is 25.7 Å². The molecule has 4 rings (SSSR count). The van der Waals surface area contributed by atoms with Crippen molar-refractivity contribution in [3.05, 3.63) is 60.4 Å². The van der Waals surface area contributed by atoms with Crippen molar-refractivity contribution < 1.29 is 9.53 Å². The molecule has 2 aromatic rings. The van der Waals surface area contributed by atoms with Crippen LogP contribution in [0, 0.1) is 5.92 Å². The van der Waals surface area contributed by atoms with Gasteiger partial charge in [-0.15, -0.1) is 0 Å². The minimum absolute atomic E-state index is 0.0770. The summed E-state index contributed by atoms with van der Waals surface area (Å²) in [6.45, 7) is 3.66. The highest BCUT2D eigenvalue weighted by Crippen LogP contribution is 2.26. The minimum Gasteiger partial charge on any atom is -0.484 e. The Balaban J connectivity index is 1.41. The monoisotopic (exact) mass is 393 g/mol. The number of hydrogen-bond donors (Lipinski definition) is 0. The predicted molar refractivity (Wildman–Crippen MR) is 114 cm³/mol. The zero-order chi connectivity index (χ0) is 19.9. The average molecular weight is 394 g/mol. The third-order valence-electron chi connectivity index (χ3n) is 6.15. The molecule has 1 aromatic heterocycles. The zero-order valence-corrected chi connectivity index (χ0v) is 17.1. The largest absolute Gasteiger partial charge is 0.484 e. The Morgan fingerprint density at radius 3 is 2.55 bits per heavy atom. The van der Waals surface area contributed by atoms with Crippen molar-refractivity contribution in [2.75, 3.05) is 32.8 Å². The molecule has 0 bridgehead atoms. The van der Waals surface area contributed by atoms with Gasteiger partial charge in [0.2, 0.25) is 0 Å². The summed E-state index contributed by atoms with van der Waals surface area (Å²) in [5.41, 5.74) is 1.11. The van der Waals surface area contributed by atoms with Gasteiger partial charge < -0.3 is 9.64 Å². The summed E-state index contributed by atoms with van der Waals surface area (Å²) in [6.07, 6.45) is 8.02. The molecular weight excluding hydrogens is 362 g/mol. The molecule has 0 N–H and O–H groups in total. The van der Waals surface area contributed by atoms with E-state index >= 15 is 0 Å². The van der Waals surface area contributed by atoms with Gasteiger partial charge in [0.05, 0.1) is 0 Å². The van der Waals surface area contributed by atoms with Crippen LogP contribution < -0.4 is 4.74 Å². The second kappa shape index (κ2) is 9.88. The van der Waals surface area contributed by atoms with Gasteiger partial charge in [0, 0.05) is 44.1 Å². The Kier molecular flexibility index (Phi) is 6.78. The highest BCUT2D eigenvalue weighted by Gasteiger charge is 2.31. The van der Waals surface area contributed by atoms with E-state index < -0.39 is 0 Å². The maximum Gasteiger partial charge on any atom is 0.260 e. The molecule has 1 saturated carbocycles. The Hall–Kier alpha value is -2.40. The summed E-state index contributed by atoms with van der Waals surface area (Å²) in [5.74, 6) is 1.22. The maximum atomic E-state index is 12.9. The highest BCUT2D eigenvalue weighted by molar-refractivity contribution is 5.77. The van der Waals surface area contributed by atoms with Gasteiger partial charge in [0.25, 0.3) is 5.91 Å². The van der Waals surface area contributed by atoms with Crippen molar-refractivity contribution in [1.29, 1.82) is 0 Å². The molecule has 2 aliphatic rings. The van der Waals surface area contributed by atoms with Crippen LogP contribution in [0.5, 0.6) is 5.75 Å². The molecule has 1 amide bonds. The number of aromatic nitrogens is 1. The van der Waals surface area contributed by atoms with Crippen molar-refractivity contribution in [1.82, 2.24) is 14.8 Å². The first kappa shape index (κ1) is 19.9. The molecule has 0 spiro atoms. The molecule has 154 valence electrons. The van der Waals surface area contributed by atoms with E-state index in [4.69, 9.17) is 4.74 Å². The van der Waals surface area contributed by atoms with Crippen molar-refractivity contribution in [3.8, 4) is 5.75 Å². The Bertz CT molecular complexity index is 762. The fourth-order valence-electron chi connectivity index (χ4n) is 4.66. The molecule has 2 heterocycles. The molecule has 5 nitrogen and oxygen atoms in total. The number of amides is 1. The highest BCUT2D eigenvalue weighted by atomic mass is 16.5. The molecule has 5 heteroatoms. The molecule has 1 aliphatic heterocycles. The lowest BCUT2D eigenvalue weighted by Gasteiger charge is -2.29. The zero-order valence-electron chi connectivity index (χ0n) is 17.1. The number of para-hydroxylation sites is 1. The molecule has 0 radical (unpaired) electrons. The van der Waals surface area contributed by atoms with Crippen LogP contribution in [-0.2, 0) is 11.2 Å². The van der Waals surface area contributed by atoms with E-state index in [0.29, 0.717) is 12.0 Å². The summed E-state index contributed by atoms with van der Waals surface area (Å²) in [6, 6.07) is 16.4. The van der Waals surface area contributed by atoms with E-state index in [-0.39, 0.29) is 12.5 Å². The SMILES string of the molecule is O=C(COc1ccccc1)N1CCN(C2CCCC2)C[C@H](Cc2ccccn2)C1. The Morgan fingerprint density at radius 2 is 1.79 bits per heavy atom. The summed E-state index contributed by atoms with van der Waals surface area (Å²) in [5, 5.41) is 0. The number of benzene rings is 1. The lowest BCUT2D eigenvalue weighted by atomic mass is 10.0. The van der Waals surface area contributed by atoms with Crippen molar-refractivity contribution in [2.24, 2.45) is 5.92 Å². The summed E-state index contributed by atoms with van der Waals surface area (Å²) in [4.78, 5) is 22.1. The number of hydrogen-bond acceptors (Lipinski definition) is 4. The van der Waals surface area contributed by atoms with E-state index in [0.717, 1.165) is 44.0 Å². The fraction of sp³-hybridized carbons (Fsp3) is 0.500. The van der Waals surface area contributed by atoms with Gasteiger partial charge in [-0.25, -0.2) is 0 Å². The summed E-state index contributed by atoms with van der Waals surface area (Å²) in [7, 11) is 0. The van der Waals surface area contributed by atoms with Gasteiger partial charge in [-0.2, -0.15) is 0 Å². The van der Waals surface area contributed by atoms with Gasteiger partial charge >= 0.3 is 0 Å². The van der Waals surface area contributed by atoms with Crippen molar-refractivity contribution in [3.63, 3.8) is 0 Å². The molecule has 2 fully saturated rings. The second-order valence-electron chi connectivity index (χ2n) is 8.27. The quantitative estimate of drug-likeness (QED) is 0.755. The van der Waals surface area contributed by atoms with Gasteiger partial charge in [-0.05, 0) is 49.4 Å². The number of pyridine rings is 1. The van der Waals surface area contributed by atoms with E-state index in [2.05, 4.69) is 16.0 Å². The van der Waals surface area contributed by atoms with Gasteiger partial charge in [0.1, 0.15) is 5.75 Å². The first-order valence-corrected chi connectivity index (χ1v) is 10.9. The van der Waals surface area contributed by atoms with Crippen LogP contribution in [-0.4, -0.2) is 59.5 Å². The van der Waals surface area contributed by atoms with Crippen LogP contribution in [0.1, 0.15) is 31.4 Å². The average Bonchev–Trinajstić information content (AvgIpc) is 3.22. The van der Waals surface area contributed by atoms with Crippen LogP contribution in [0.15, 0.2) is 54.7 Å². The molecule has 1 saturated heterocycles. The van der Waals surface area contributed by atoms with E-state index in [9.17, 15) is 4.79 Å². The first-order chi connectivity index (χ1) is 14.3. The fourth-order valence-corrected chi connectivity index (χ4v) is 4.66. The third kappa shape index (κ3) is 5.57. The Morgan fingerprint density at radius 1 is 1.00 bits per heavy atom. The van der Waals surface area contributed by atoms with Crippen LogP contribution in [0.3, 0.4) is 0 Å².